The molecule has 0 saturated heterocycles. The minimum atomic E-state index is 0.290. The second kappa shape index (κ2) is 5.00. The number of hydrogen-bond donors (Lipinski definition) is 0. The molecule has 1 aliphatic carbocycles. The third-order valence-corrected chi connectivity index (χ3v) is 3.44. The molecule has 0 heterocycles. The summed E-state index contributed by atoms with van der Waals surface area (Å²) in [7, 11) is 0. The fraction of sp³-hybridized carbons (Fsp3) is 0.462. The van der Waals surface area contributed by atoms with Gasteiger partial charge in [0.05, 0.1) is 11.7 Å². The van der Waals surface area contributed by atoms with Crippen molar-refractivity contribution in [3.05, 3.63) is 27.7 Å². The van der Waals surface area contributed by atoms with Crippen LogP contribution < -0.4 is 4.74 Å². The van der Waals surface area contributed by atoms with E-state index < -0.39 is 0 Å². The van der Waals surface area contributed by atoms with Crippen LogP contribution in [0.2, 0.25) is 0 Å². The van der Waals surface area contributed by atoms with Gasteiger partial charge in [-0.25, -0.2) is 0 Å². The Kier molecular flexibility index (Phi) is 3.64. The Bertz CT molecular complexity index is 395. The van der Waals surface area contributed by atoms with E-state index in [-0.39, 0.29) is 0 Å². The molecule has 16 heavy (non-hydrogen) atoms. The summed E-state index contributed by atoms with van der Waals surface area (Å²) in [5, 5.41) is 0. The number of carbonyl (C=O) groups is 1. The van der Waals surface area contributed by atoms with Gasteiger partial charge in [-0.3, -0.25) is 4.79 Å². The molecule has 0 unspecified atom stereocenters. The SMILES string of the molecule is Cc1cc(Br)cc(C=O)c1OC1CCCC1. The Hall–Kier alpha value is -0.830. The summed E-state index contributed by atoms with van der Waals surface area (Å²) >= 11 is 3.39. The second-order valence-corrected chi connectivity index (χ2v) is 5.20. The summed E-state index contributed by atoms with van der Waals surface area (Å²) in [6.07, 6.45) is 5.83. The molecule has 0 aliphatic heterocycles. The standard InChI is InChI=1S/C13H15BrO2/c1-9-6-11(14)7-10(8-15)13(9)16-12-4-2-3-5-12/h6-8,12H,2-5H2,1H3. The van der Waals surface area contributed by atoms with Crippen LogP contribution in [0.25, 0.3) is 0 Å². The van der Waals surface area contributed by atoms with Crippen molar-refractivity contribution in [1.82, 2.24) is 0 Å². The minimum Gasteiger partial charge on any atom is -0.489 e. The van der Waals surface area contributed by atoms with Gasteiger partial charge in [-0.1, -0.05) is 15.9 Å². The van der Waals surface area contributed by atoms with Crippen molar-refractivity contribution in [2.24, 2.45) is 0 Å². The van der Waals surface area contributed by atoms with Gasteiger partial charge in [-0.15, -0.1) is 0 Å². The van der Waals surface area contributed by atoms with E-state index in [1.165, 1.54) is 12.8 Å². The van der Waals surface area contributed by atoms with Crippen molar-refractivity contribution >= 4 is 22.2 Å². The second-order valence-electron chi connectivity index (χ2n) is 4.28. The largest absolute Gasteiger partial charge is 0.489 e. The zero-order valence-corrected chi connectivity index (χ0v) is 10.9. The molecule has 0 radical (unpaired) electrons. The van der Waals surface area contributed by atoms with E-state index in [1.54, 1.807) is 0 Å². The molecule has 0 aromatic heterocycles. The number of aryl methyl sites for hydroxylation is 1. The summed E-state index contributed by atoms with van der Waals surface area (Å²) in [5.74, 6) is 0.755. The van der Waals surface area contributed by atoms with Crippen LogP contribution in [-0.2, 0) is 0 Å². The van der Waals surface area contributed by atoms with Gasteiger partial charge in [0.15, 0.2) is 6.29 Å². The third kappa shape index (κ3) is 2.46. The maximum atomic E-state index is 11.0. The highest BCUT2D eigenvalue weighted by Gasteiger charge is 2.19. The van der Waals surface area contributed by atoms with Gasteiger partial charge in [0, 0.05) is 4.47 Å². The van der Waals surface area contributed by atoms with E-state index in [1.807, 2.05) is 19.1 Å². The maximum Gasteiger partial charge on any atom is 0.153 e. The molecule has 86 valence electrons. The van der Waals surface area contributed by atoms with Crippen molar-refractivity contribution in [2.75, 3.05) is 0 Å². The molecule has 1 aromatic rings. The first-order chi connectivity index (χ1) is 7.70. The van der Waals surface area contributed by atoms with Crippen molar-refractivity contribution < 1.29 is 9.53 Å². The first-order valence-corrected chi connectivity index (χ1v) is 6.42. The minimum absolute atomic E-state index is 0.290. The molecule has 0 atom stereocenters. The molecular formula is C13H15BrO2. The van der Waals surface area contributed by atoms with E-state index in [4.69, 9.17) is 4.74 Å². The third-order valence-electron chi connectivity index (χ3n) is 2.98. The predicted molar refractivity (Wildman–Crippen MR) is 67.2 cm³/mol. The molecule has 1 aliphatic rings. The van der Waals surface area contributed by atoms with E-state index in [2.05, 4.69) is 15.9 Å². The quantitative estimate of drug-likeness (QED) is 0.787. The van der Waals surface area contributed by atoms with Crippen LogP contribution in [0.15, 0.2) is 16.6 Å². The van der Waals surface area contributed by atoms with Crippen molar-refractivity contribution in [2.45, 2.75) is 38.7 Å². The predicted octanol–water partition coefficient (Wildman–Crippen LogP) is 3.89. The lowest BCUT2D eigenvalue weighted by Crippen LogP contribution is -2.13. The van der Waals surface area contributed by atoms with Crippen LogP contribution >= 0.6 is 15.9 Å². The van der Waals surface area contributed by atoms with Crippen LogP contribution in [0.5, 0.6) is 5.75 Å². The molecule has 2 nitrogen and oxygen atoms in total. The molecule has 0 amide bonds. The van der Waals surface area contributed by atoms with Gasteiger partial charge in [-0.2, -0.15) is 0 Å². The van der Waals surface area contributed by atoms with Gasteiger partial charge in [-0.05, 0) is 50.3 Å². The number of ether oxygens (including phenoxy) is 1. The topological polar surface area (TPSA) is 26.3 Å². The summed E-state index contributed by atoms with van der Waals surface area (Å²) in [4.78, 5) is 11.0. The Morgan fingerprint density at radius 1 is 1.38 bits per heavy atom. The fourth-order valence-electron chi connectivity index (χ4n) is 2.18. The lowest BCUT2D eigenvalue weighted by molar-refractivity contribution is 0.111. The maximum absolute atomic E-state index is 11.0. The van der Waals surface area contributed by atoms with Gasteiger partial charge in [0.25, 0.3) is 0 Å². The molecule has 1 aromatic carbocycles. The normalized spacial score (nSPS) is 16.4. The summed E-state index contributed by atoms with van der Waals surface area (Å²) in [6, 6.07) is 3.79. The highest BCUT2D eigenvalue weighted by molar-refractivity contribution is 9.10. The number of hydrogen-bond acceptors (Lipinski definition) is 2. The summed E-state index contributed by atoms with van der Waals surface area (Å²) < 4.78 is 6.85. The van der Waals surface area contributed by atoms with Crippen LogP contribution in [0.1, 0.15) is 41.6 Å². The average molecular weight is 283 g/mol. The van der Waals surface area contributed by atoms with Gasteiger partial charge in [0.2, 0.25) is 0 Å². The molecule has 1 saturated carbocycles. The fourth-order valence-corrected chi connectivity index (χ4v) is 2.77. The molecular weight excluding hydrogens is 268 g/mol. The van der Waals surface area contributed by atoms with Gasteiger partial charge < -0.3 is 4.74 Å². The zero-order valence-electron chi connectivity index (χ0n) is 9.33. The van der Waals surface area contributed by atoms with Crippen LogP contribution in [0.4, 0.5) is 0 Å². The van der Waals surface area contributed by atoms with E-state index in [0.717, 1.165) is 34.9 Å². The Labute approximate surface area is 104 Å². The van der Waals surface area contributed by atoms with Gasteiger partial charge >= 0.3 is 0 Å². The number of benzene rings is 1. The number of aldehydes is 1. The smallest absolute Gasteiger partial charge is 0.153 e. The highest BCUT2D eigenvalue weighted by atomic mass is 79.9. The lowest BCUT2D eigenvalue weighted by Gasteiger charge is -2.17. The Morgan fingerprint density at radius 2 is 2.06 bits per heavy atom. The van der Waals surface area contributed by atoms with Crippen LogP contribution in [0.3, 0.4) is 0 Å². The van der Waals surface area contributed by atoms with Crippen LogP contribution in [-0.4, -0.2) is 12.4 Å². The number of carbonyl (C=O) groups excluding carboxylic acids is 1. The zero-order chi connectivity index (χ0) is 11.5. The molecule has 0 N–H and O–H groups in total. The first-order valence-electron chi connectivity index (χ1n) is 5.62. The molecule has 0 spiro atoms. The average Bonchev–Trinajstić information content (AvgIpc) is 2.74. The number of halogens is 1. The highest BCUT2D eigenvalue weighted by Crippen LogP contribution is 2.31. The van der Waals surface area contributed by atoms with Crippen molar-refractivity contribution in [3.8, 4) is 5.75 Å². The molecule has 3 heteroatoms. The van der Waals surface area contributed by atoms with Crippen molar-refractivity contribution in [1.29, 1.82) is 0 Å². The summed E-state index contributed by atoms with van der Waals surface area (Å²) in [5.41, 5.74) is 1.65. The Balaban J connectivity index is 2.27. The Morgan fingerprint density at radius 3 is 2.69 bits per heavy atom. The van der Waals surface area contributed by atoms with E-state index in [0.29, 0.717) is 11.7 Å². The first kappa shape index (κ1) is 11.6. The molecule has 0 bridgehead atoms. The van der Waals surface area contributed by atoms with Crippen molar-refractivity contribution in [3.63, 3.8) is 0 Å². The summed E-state index contributed by atoms with van der Waals surface area (Å²) in [6.45, 7) is 1.97. The lowest BCUT2D eigenvalue weighted by atomic mass is 10.1. The molecule has 2 rings (SSSR count). The van der Waals surface area contributed by atoms with Crippen LogP contribution in [0, 0.1) is 6.92 Å². The van der Waals surface area contributed by atoms with E-state index in [9.17, 15) is 4.79 Å². The van der Waals surface area contributed by atoms with Gasteiger partial charge in [0.1, 0.15) is 5.75 Å². The van der Waals surface area contributed by atoms with E-state index >= 15 is 0 Å². The monoisotopic (exact) mass is 282 g/mol. The molecule has 1 fully saturated rings. The number of rotatable bonds is 3.